The van der Waals surface area contributed by atoms with Crippen molar-refractivity contribution >= 4 is 58.4 Å². The van der Waals surface area contributed by atoms with Gasteiger partial charge in [-0.15, -0.1) is 23.5 Å². The fourth-order valence-corrected chi connectivity index (χ4v) is 8.36. The van der Waals surface area contributed by atoms with Gasteiger partial charge in [-0.05, 0) is 72.9 Å². The molecule has 0 saturated carbocycles. The van der Waals surface area contributed by atoms with E-state index < -0.39 is 0 Å². The fourth-order valence-electron chi connectivity index (χ4n) is 4.00. The summed E-state index contributed by atoms with van der Waals surface area (Å²) in [6, 6.07) is 30.9. The Balaban J connectivity index is 1.37. The first kappa shape index (κ1) is 31.8. The molecule has 0 bridgehead atoms. The van der Waals surface area contributed by atoms with Crippen LogP contribution in [0.5, 0.6) is 0 Å². The van der Waals surface area contributed by atoms with E-state index in [9.17, 15) is 21.0 Å². The van der Waals surface area contributed by atoms with Crippen LogP contribution in [0.3, 0.4) is 0 Å². The van der Waals surface area contributed by atoms with Crippen LogP contribution < -0.4 is 11.5 Å². The Bertz CT molecular complexity index is 1660. The number of nitrogens with two attached hydrogens (primary N) is 2. The summed E-state index contributed by atoms with van der Waals surface area (Å²) in [5.74, 6) is 1.73. The smallest absolute Gasteiger partial charge is 0.101 e. The molecule has 0 atom stereocenters. The largest absolute Gasteiger partial charge is 0.398 e. The number of anilines is 2. The fraction of sp³-hybridized carbons (Fsp3) is 0.152. The maximum absolute atomic E-state index is 9.56. The molecule has 43 heavy (non-hydrogen) atoms. The SMILES string of the molecule is N#Cc1cc(SCCCCCSc2cc(C#N)c(C#N)cc2Sc2ccccc2N)c(Sc2ccccc2N)cc1C#N. The van der Waals surface area contributed by atoms with E-state index in [-0.39, 0.29) is 0 Å². The highest BCUT2D eigenvalue weighted by atomic mass is 32.2. The van der Waals surface area contributed by atoms with Crippen LogP contribution in [0.1, 0.15) is 41.5 Å². The third kappa shape index (κ3) is 8.45. The summed E-state index contributed by atoms with van der Waals surface area (Å²) in [5, 5.41) is 38.2. The number of hydrogen-bond acceptors (Lipinski definition) is 10. The van der Waals surface area contributed by atoms with E-state index in [0.717, 1.165) is 60.1 Å². The van der Waals surface area contributed by atoms with Gasteiger partial charge >= 0.3 is 0 Å². The molecular weight excluding hydrogens is 609 g/mol. The van der Waals surface area contributed by atoms with Crippen LogP contribution in [0, 0.1) is 45.3 Å². The lowest BCUT2D eigenvalue weighted by Crippen LogP contribution is -1.93. The number of nitrogens with zero attached hydrogens (tertiary/aromatic N) is 4. The van der Waals surface area contributed by atoms with E-state index in [0.29, 0.717) is 33.6 Å². The van der Waals surface area contributed by atoms with Crippen molar-refractivity contribution in [2.75, 3.05) is 23.0 Å². The molecule has 0 aliphatic carbocycles. The highest BCUT2D eigenvalue weighted by Gasteiger charge is 2.15. The lowest BCUT2D eigenvalue weighted by molar-refractivity contribution is 0.785. The van der Waals surface area contributed by atoms with E-state index in [1.807, 2.05) is 48.5 Å². The third-order valence-electron chi connectivity index (χ3n) is 6.23. The summed E-state index contributed by atoms with van der Waals surface area (Å²) in [6.45, 7) is 0. The Morgan fingerprint density at radius 2 is 0.814 bits per heavy atom. The summed E-state index contributed by atoms with van der Waals surface area (Å²) in [6.07, 6.45) is 2.96. The average molecular weight is 635 g/mol. The van der Waals surface area contributed by atoms with Crippen molar-refractivity contribution < 1.29 is 0 Å². The van der Waals surface area contributed by atoms with Crippen LogP contribution in [0.25, 0.3) is 0 Å². The zero-order valence-electron chi connectivity index (χ0n) is 23.0. The van der Waals surface area contributed by atoms with E-state index in [1.54, 1.807) is 47.8 Å². The van der Waals surface area contributed by atoms with Gasteiger partial charge in [0.15, 0.2) is 0 Å². The minimum Gasteiger partial charge on any atom is -0.398 e. The maximum Gasteiger partial charge on any atom is 0.101 e. The standard InChI is InChI=1S/C33H26N6S4/c34-18-22-14-30(32(16-24(22)20-36)42-28-10-4-2-8-26(28)38)40-12-6-1-7-13-41-31-15-23(19-35)25(21-37)17-33(31)43-29-11-5-3-9-27(29)39/h2-5,8-11,14-17H,1,6-7,12-13,38-39H2. The number of thioether (sulfide) groups is 2. The van der Waals surface area contributed by atoms with Crippen LogP contribution in [-0.4, -0.2) is 11.5 Å². The average Bonchev–Trinajstić information content (AvgIpc) is 3.03. The first-order chi connectivity index (χ1) is 21.0. The molecule has 0 saturated heterocycles. The molecule has 0 amide bonds. The van der Waals surface area contributed by atoms with Gasteiger partial charge in [-0.1, -0.05) is 54.2 Å². The Labute approximate surface area is 269 Å². The van der Waals surface area contributed by atoms with Gasteiger partial charge in [-0.2, -0.15) is 21.0 Å². The number of nitrogen functional groups attached to an aromatic ring is 2. The molecule has 0 unspecified atom stereocenters. The van der Waals surface area contributed by atoms with Gasteiger partial charge in [0.2, 0.25) is 0 Å². The lowest BCUT2D eigenvalue weighted by atomic mass is 10.1. The van der Waals surface area contributed by atoms with Gasteiger partial charge in [-0.25, -0.2) is 0 Å². The Kier molecular flexibility index (Phi) is 11.7. The number of rotatable bonds is 12. The number of hydrogen-bond donors (Lipinski definition) is 2. The second-order valence-electron chi connectivity index (χ2n) is 9.17. The van der Waals surface area contributed by atoms with E-state index in [2.05, 4.69) is 24.3 Å². The summed E-state index contributed by atoms with van der Waals surface area (Å²) in [4.78, 5) is 5.55. The van der Waals surface area contributed by atoms with Crippen LogP contribution in [0.15, 0.2) is 102 Å². The van der Waals surface area contributed by atoms with Gasteiger partial charge in [-0.3, -0.25) is 0 Å². The summed E-state index contributed by atoms with van der Waals surface area (Å²) >= 11 is 6.37. The van der Waals surface area contributed by atoms with Crippen molar-refractivity contribution in [1.82, 2.24) is 0 Å². The Morgan fingerprint density at radius 3 is 1.16 bits per heavy atom. The second kappa shape index (κ2) is 15.9. The Morgan fingerprint density at radius 1 is 0.465 bits per heavy atom. The molecule has 0 radical (unpaired) electrons. The topological polar surface area (TPSA) is 147 Å². The highest BCUT2D eigenvalue weighted by molar-refractivity contribution is 8.02. The predicted octanol–water partition coefficient (Wildman–Crippen LogP) is 8.69. The van der Waals surface area contributed by atoms with Gasteiger partial charge in [0.1, 0.15) is 24.3 Å². The monoisotopic (exact) mass is 634 g/mol. The third-order valence-corrected chi connectivity index (χ3v) is 11.1. The first-order valence-electron chi connectivity index (χ1n) is 13.2. The number of nitriles is 4. The van der Waals surface area contributed by atoms with Crippen molar-refractivity contribution in [2.24, 2.45) is 0 Å². The van der Waals surface area contributed by atoms with Crippen LogP contribution >= 0.6 is 47.0 Å². The molecule has 10 heteroatoms. The van der Waals surface area contributed by atoms with Gasteiger partial charge in [0.25, 0.3) is 0 Å². The van der Waals surface area contributed by atoms with Crippen LogP contribution in [0.2, 0.25) is 0 Å². The second-order valence-corrected chi connectivity index (χ2v) is 13.6. The summed E-state index contributed by atoms with van der Waals surface area (Å²) in [5.41, 5.74) is 15.1. The van der Waals surface area contributed by atoms with Crippen molar-refractivity contribution in [1.29, 1.82) is 21.0 Å². The minimum absolute atomic E-state index is 0.357. The minimum atomic E-state index is 0.357. The molecule has 4 aromatic carbocycles. The van der Waals surface area contributed by atoms with Crippen molar-refractivity contribution in [3.8, 4) is 24.3 Å². The van der Waals surface area contributed by atoms with E-state index in [4.69, 9.17) is 11.5 Å². The van der Waals surface area contributed by atoms with Gasteiger partial charge < -0.3 is 11.5 Å². The van der Waals surface area contributed by atoms with Crippen molar-refractivity contribution in [3.05, 3.63) is 95.1 Å². The molecule has 4 rings (SSSR count). The lowest BCUT2D eigenvalue weighted by Gasteiger charge is -2.13. The quantitative estimate of drug-likeness (QED) is 0.0880. The van der Waals surface area contributed by atoms with Gasteiger partial charge in [0.05, 0.1) is 22.3 Å². The summed E-state index contributed by atoms with van der Waals surface area (Å²) < 4.78 is 0. The van der Waals surface area contributed by atoms with Gasteiger partial charge in [0, 0.05) is 40.7 Å². The normalized spacial score (nSPS) is 10.3. The number of para-hydroxylation sites is 2. The van der Waals surface area contributed by atoms with Crippen LogP contribution in [-0.2, 0) is 0 Å². The summed E-state index contributed by atoms with van der Waals surface area (Å²) in [7, 11) is 0. The maximum atomic E-state index is 9.56. The number of unbranched alkanes of at least 4 members (excludes halogenated alkanes) is 2. The molecule has 6 nitrogen and oxygen atoms in total. The Hall–Kier alpha value is -4.16. The molecule has 0 aliphatic heterocycles. The van der Waals surface area contributed by atoms with E-state index in [1.165, 1.54) is 23.5 Å². The van der Waals surface area contributed by atoms with Crippen molar-refractivity contribution in [3.63, 3.8) is 0 Å². The van der Waals surface area contributed by atoms with Crippen molar-refractivity contribution in [2.45, 2.75) is 48.6 Å². The number of benzene rings is 4. The molecule has 0 spiro atoms. The highest BCUT2D eigenvalue weighted by Crippen LogP contribution is 2.41. The zero-order valence-corrected chi connectivity index (χ0v) is 26.3. The molecule has 0 aromatic heterocycles. The van der Waals surface area contributed by atoms with E-state index >= 15 is 0 Å². The molecule has 0 fully saturated rings. The molecule has 212 valence electrons. The molecule has 0 aliphatic rings. The van der Waals surface area contributed by atoms with Crippen LogP contribution in [0.4, 0.5) is 11.4 Å². The first-order valence-corrected chi connectivity index (χ1v) is 16.8. The molecule has 4 aromatic rings. The molecule has 4 N–H and O–H groups in total. The molecule has 0 heterocycles. The molecular formula is C33H26N6S4. The zero-order chi connectivity index (χ0) is 30.6. The predicted molar refractivity (Wildman–Crippen MR) is 177 cm³/mol.